The lowest BCUT2D eigenvalue weighted by atomic mass is 10.0. The van der Waals surface area contributed by atoms with Gasteiger partial charge in [0.25, 0.3) is 0 Å². The molecule has 2 rings (SSSR count). The Labute approximate surface area is 124 Å². The van der Waals surface area contributed by atoms with Crippen molar-refractivity contribution in [3.63, 3.8) is 0 Å². The fraction of sp³-hybridized carbons (Fsp3) is 0.400. The number of anilines is 1. The first-order valence-electron chi connectivity index (χ1n) is 7.04. The monoisotopic (exact) mass is 288 g/mol. The Morgan fingerprint density at radius 1 is 1.33 bits per heavy atom. The van der Waals surface area contributed by atoms with Gasteiger partial charge in [0, 0.05) is 24.7 Å². The van der Waals surface area contributed by atoms with Gasteiger partial charge in [0.1, 0.15) is 0 Å². The minimum atomic E-state index is -0.298. The van der Waals surface area contributed by atoms with Crippen LogP contribution in [0, 0.1) is 0 Å². The molecular formula is C15H20N4O2. The number of carbonyl (C=O) groups is 2. The van der Waals surface area contributed by atoms with Crippen LogP contribution < -0.4 is 15.6 Å². The van der Waals surface area contributed by atoms with Crippen molar-refractivity contribution in [2.24, 2.45) is 5.10 Å². The van der Waals surface area contributed by atoms with Crippen LogP contribution in [-0.2, 0) is 4.79 Å². The van der Waals surface area contributed by atoms with E-state index < -0.39 is 0 Å². The molecule has 0 aliphatic carbocycles. The number of hydrogen-bond acceptors (Lipinski definition) is 3. The van der Waals surface area contributed by atoms with Crippen molar-refractivity contribution in [2.45, 2.75) is 32.7 Å². The molecule has 0 aromatic heterocycles. The van der Waals surface area contributed by atoms with Gasteiger partial charge in [0.15, 0.2) is 0 Å². The number of nitrogens with one attached hydrogen (secondary N) is 2. The molecule has 3 amide bonds. The van der Waals surface area contributed by atoms with Crippen LogP contribution >= 0.6 is 0 Å². The highest BCUT2D eigenvalue weighted by molar-refractivity contribution is 6.07. The summed E-state index contributed by atoms with van der Waals surface area (Å²) in [5, 5.41) is 6.83. The van der Waals surface area contributed by atoms with Crippen molar-refractivity contribution < 1.29 is 9.59 Å². The first kappa shape index (κ1) is 15.0. The van der Waals surface area contributed by atoms with Crippen LogP contribution in [0.5, 0.6) is 0 Å². The largest absolute Gasteiger partial charge is 0.335 e. The predicted octanol–water partition coefficient (Wildman–Crippen LogP) is 1.85. The Morgan fingerprint density at radius 2 is 2.00 bits per heavy atom. The minimum absolute atomic E-state index is 0.0996. The third-order valence-corrected chi connectivity index (χ3v) is 3.42. The van der Waals surface area contributed by atoms with Crippen LogP contribution in [-0.4, -0.2) is 30.7 Å². The van der Waals surface area contributed by atoms with Crippen LogP contribution in [0.3, 0.4) is 0 Å². The van der Waals surface area contributed by atoms with E-state index in [2.05, 4.69) is 15.8 Å². The summed E-state index contributed by atoms with van der Waals surface area (Å²) in [5.41, 5.74) is 4.93. The second-order valence-electron chi connectivity index (χ2n) is 5.05. The fourth-order valence-corrected chi connectivity index (χ4v) is 2.20. The van der Waals surface area contributed by atoms with E-state index in [1.807, 2.05) is 38.1 Å². The first-order valence-corrected chi connectivity index (χ1v) is 7.04. The summed E-state index contributed by atoms with van der Waals surface area (Å²) in [5.74, 6) is 0.0996. The molecule has 0 bridgehead atoms. The average molecular weight is 288 g/mol. The molecule has 2 N–H and O–H groups in total. The van der Waals surface area contributed by atoms with Crippen molar-refractivity contribution in [1.29, 1.82) is 0 Å². The number of hydrogen-bond donors (Lipinski definition) is 2. The molecule has 0 fully saturated rings. The van der Waals surface area contributed by atoms with E-state index >= 15 is 0 Å². The molecule has 1 aromatic carbocycles. The predicted molar refractivity (Wildman–Crippen MR) is 82.4 cm³/mol. The second-order valence-corrected chi connectivity index (χ2v) is 5.05. The molecule has 0 saturated carbocycles. The fourth-order valence-electron chi connectivity index (χ4n) is 2.20. The molecule has 0 saturated heterocycles. The molecule has 0 spiro atoms. The smallest absolute Gasteiger partial charge is 0.328 e. The van der Waals surface area contributed by atoms with Crippen molar-refractivity contribution in [3.05, 3.63) is 29.8 Å². The highest BCUT2D eigenvalue weighted by Gasteiger charge is 2.20. The van der Waals surface area contributed by atoms with E-state index in [0.717, 1.165) is 23.4 Å². The molecule has 112 valence electrons. The third-order valence-electron chi connectivity index (χ3n) is 3.42. The minimum Gasteiger partial charge on any atom is -0.328 e. The molecule has 1 heterocycles. The lowest BCUT2D eigenvalue weighted by Gasteiger charge is -2.22. The third kappa shape index (κ3) is 3.39. The normalized spacial score (nSPS) is 17.6. The van der Waals surface area contributed by atoms with Gasteiger partial charge in [-0.05, 0) is 25.5 Å². The number of carbonyl (C=O) groups excluding carboxylic acids is 2. The van der Waals surface area contributed by atoms with Crippen LogP contribution in [0.4, 0.5) is 10.5 Å². The number of nitrogens with zero attached hydrogens (tertiary/aromatic N) is 2. The SMILES string of the molecule is CCCC(=O)N(C)c1ccc(C2=NNC(=O)NC2C)cc1. The van der Waals surface area contributed by atoms with E-state index in [-0.39, 0.29) is 18.0 Å². The van der Waals surface area contributed by atoms with E-state index in [0.29, 0.717) is 6.42 Å². The average Bonchev–Trinajstić information content (AvgIpc) is 2.47. The quantitative estimate of drug-likeness (QED) is 0.887. The van der Waals surface area contributed by atoms with E-state index in [9.17, 15) is 9.59 Å². The maximum Gasteiger partial charge on any atom is 0.335 e. The summed E-state index contributed by atoms with van der Waals surface area (Å²) in [4.78, 5) is 24.7. The lowest BCUT2D eigenvalue weighted by Crippen LogP contribution is -2.48. The number of urea groups is 1. The zero-order chi connectivity index (χ0) is 15.4. The van der Waals surface area contributed by atoms with Gasteiger partial charge in [-0.15, -0.1) is 0 Å². The number of benzene rings is 1. The van der Waals surface area contributed by atoms with Gasteiger partial charge in [0.05, 0.1) is 11.8 Å². The van der Waals surface area contributed by atoms with Crippen molar-refractivity contribution in [3.8, 4) is 0 Å². The van der Waals surface area contributed by atoms with Crippen LogP contribution in [0.25, 0.3) is 0 Å². The molecule has 0 radical (unpaired) electrons. The van der Waals surface area contributed by atoms with Gasteiger partial charge in [-0.3, -0.25) is 4.79 Å². The van der Waals surface area contributed by atoms with E-state index in [4.69, 9.17) is 0 Å². The molecular weight excluding hydrogens is 268 g/mol. The molecule has 6 nitrogen and oxygen atoms in total. The zero-order valence-corrected chi connectivity index (χ0v) is 12.5. The van der Waals surface area contributed by atoms with Crippen LogP contribution in [0.1, 0.15) is 32.3 Å². The Balaban J connectivity index is 2.16. The van der Waals surface area contributed by atoms with E-state index in [1.165, 1.54) is 0 Å². The Morgan fingerprint density at radius 3 is 2.57 bits per heavy atom. The van der Waals surface area contributed by atoms with Gasteiger partial charge in [-0.2, -0.15) is 5.10 Å². The zero-order valence-electron chi connectivity index (χ0n) is 12.5. The Kier molecular flexibility index (Phi) is 4.57. The summed E-state index contributed by atoms with van der Waals surface area (Å²) in [7, 11) is 1.77. The van der Waals surface area contributed by atoms with Gasteiger partial charge in [0.2, 0.25) is 5.91 Å². The standard InChI is InChI=1S/C15H20N4O2/c1-4-5-13(20)19(3)12-8-6-11(7-9-12)14-10(2)16-15(21)18-17-14/h6-10H,4-5H2,1-3H3,(H2,16,18,21). The molecule has 1 unspecified atom stereocenters. The summed E-state index contributed by atoms with van der Waals surface area (Å²) in [6, 6.07) is 7.12. The Bertz CT molecular complexity index is 566. The first-order chi connectivity index (χ1) is 10.0. The van der Waals surface area contributed by atoms with Gasteiger partial charge < -0.3 is 10.2 Å². The molecule has 1 aromatic rings. The summed E-state index contributed by atoms with van der Waals surface area (Å²) >= 11 is 0. The maximum atomic E-state index is 11.9. The number of hydrazone groups is 1. The summed E-state index contributed by atoms with van der Waals surface area (Å²) < 4.78 is 0. The lowest BCUT2D eigenvalue weighted by molar-refractivity contribution is -0.118. The maximum absolute atomic E-state index is 11.9. The second kappa shape index (κ2) is 6.39. The molecule has 6 heteroatoms. The van der Waals surface area contributed by atoms with Crippen molar-refractivity contribution in [2.75, 3.05) is 11.9 Å². The summed E-state index contributed by atoms with van der Waals surface area (Å²) in [6.45, 7) is 3.86. The van der Waals surface area contributed by atoms with Crippen molar-refractivity contribution >= 4 is 23.3 Å². The molecule has 1 atom stereocenters. The van der Waals surface area contributed by atoms with Crippen LogP contribution in [0.15, 0.2) is 29.4 Å². The Hall–Kier alpha value is -2.37. The van der Waals surface area contributed by atoms with Gasteiger partial charge in [-0.1, -0.05) is 19.1 Å². The number of rotatable bonds is 4. The van der Waals surface area contributed by atoms with Crippen molar-refractivity contribution in [1.82, 2.24) is 10.7 Å². The highest BCUT2D eigenvalue weighted by atomic mass is 16.2. The number of amides is 3. The molecule has 21 heavy (non-hydrogen) atoms. The molecule has 1 aliphatic rings. The van der Waals surface area contributed by atoms with Crippen LogP contribution in [0.2, 0.25) is 0 Å². The van der Waals surface area contributed by atoms with Gasteiger partial charge >= 0.3 is 6.03 Å². The highest BCUT2D eigenvalue weighted by Crippen LogP contribution is 2.17. The van der Waals surface area contributed by atoms with E-state index in [1.54, 1.807) is 11.9 Å². The topological polar surface area (TPSA) is 73.8 Å². The molecule has 1 aliphatic heterocycles. The van der Waals surface area contributed by atoms with Gasteiger partial charge in [-0.25, -0.2) is 10.2 Å². The summed E-state index contributed by atoms with van der Waals surface area (Å²) in [6.07, 6.45) is 1.37.